The fraction of sp³-hybridized carbons (Fsp3) is 0.312. The van der Waals surface area contributed by atoms with E-state index in [2.05, 4.69) is 30.4 Å². The second-order valence-corrected chi connectivity index (χ2v) is 10.1. The van der Waals surface area contributed by atoms with Crippen molar-refractivity contribution in [3.8, 4) is 11.1 Å². The molecule has 6 nitrogen and oxygen atoms in total. The van der Waals surface area contributed by atoms with Crippen molar-refractivity contribution >= 4 is 12.1 Å². The van der Waals surface area contributed by atoms with Gasteiger partial charge in [-0.2, -0.15) is 0 Å². The molecule has 6 heteroatoms. The van der Waals surface area contributed by atoms with E-state index in [0.29, 0.717) is 12.8 Å². The average Bonchev–Trinajstić information content (AvgIpc) is 3.25. The molecule has 0 aromatic heterocycles. The van der Waals surface area contributed by atoms with E-state index in [0.717, 1.165) is 39.8 Å². The molecule has 0 bridgehead atoms. The number of aliphatic hydroxyl groups excluding tert-OH is 1. The van der Waals surface area contributed by atoms with Gasteiger partial charge in [-0.3, -0.25) is 0 Å². The number of alkyl carbamates (subject to hydrolysis) is 1. The maximum absolute atomic E-state index is 12.7. The first-order valence-corrected chi connectivity index (χ1v) is 13.3. The number of fused-ring (bicyclic) bond motifs is 3. The Kier molecular flexibility index (Phi) is 7.61. The predicted octanol–water partition coefficient (Wildman–Crippen LogP) is 5.90. The molecule has 0 heterocycles. The van der Waals surface area contributed by atoms with E-state index in [9.17, 15) is 19.8 Å². The molecule has 0 spiro atoms. The summed E-state index contributed by atoms with van der Waals surface area (Å²) < 4.78 is 5.56. The number of aliphatic carboxylic acids is 1. The van der Waals surface area contributed by atoms with Gasteiger partial charge in [0.15, 0.2) is 0 Å². The summed E-state index contributed by atoms with van der Waals surface area (Å²) >= 11 is 0. The number of allylic oxidation sites excluding steroid dienone is 6. The Labute approximate surface area is 223 Å². The van der Waals surface area contributed by atoms with Gasteiger partial charge in [-0.15, -0.1) is 0 Å². The SMILES string of the molecule is CCC1=C(C2=CCC(C[C@H](NC(=O)OCC3c4ccccc4-c4ccccc43)C(=O)O)C=C2)C=CC(O)C1. The van der Waals surface area contributed by atoms with Gasteiger partial charge in [-0.05, 0) is 65.0 Å². The zero-order valence-electron chi connectivity index (χ0n) is 21.5. The number of carboxylic acids is 1. The van der Waals surface area contributed by atoms with E-state index >= 15 is 0 Å². The summed E-state index contributed by atoms with van der Waals surface area (Å²) in [5.41, 5.74) is 7.94. The second-order valence-electron chi connectivity index (χ2n) is 10.1. The molecule has 0 saturated heterocycles. The molecule has 3 aliphatic carbocycles. The van der Waals surface area contributed by atoms with Crippen LogP contribution in [0.1, 0.15) is 49.7 Å². The minimum absolute atomic E-state index is 0.0161. The quantitative estimate of drug-likeness (QED) is 0.410. The Hall–Kier alpha value is -3.90. The van der Waals surface area contributed by atoms with Crippen molar-refractivity contribution in [1.29, 1.82) is 0 Å². The lowest BCUT2D eigenvalue weighted by Gasteiger charge is -2.24. The molecule has 3 atom stereocenters. The largest absolute Gasteiger partial charge is 0.480 e. The van der Waals surface area contributed by atoms with Gasteiger partial charge >= 0.3 is 12.1 Å². The third kappa shape index (κ3) is 5.36. The van der Waals surface area contributed by atoms with Crippen molar-refractivity contribution in [2.45, 2.75) is 50.7 Å². The smallest absolute Gasteiger partial charge is 0.407 e. The molecule has 2 aromatic carbocycles. The van der Waals surface area contributed by atoms with Crippen LogP contribution in [0.15, 0.2) is 95.6 Å². The fourth-order valence-corrected chi connectivity index (χ4v) is 5.74. The minimum atomic E-state index is -1.08. The van der Waals surface area contributed by atoms with Gasteiger partial charge < -0.3 is 20.3 Å². The summed E-state index contributed by atoms with van der Waals surface area (Å²) in [4.78, 5) is 24.6. The standard InChI is InChI=1S/C32H33NO5/c1-2-21-18-23(34)15-16-24(21)22-13-11-20(12-14-22)17-30(31(35)36)33-32(37)38-19-29-27-9-5-3-7-25(27)26-8-4-6-10-28(26)29/h3-11,13-16,20,23,29-30,34H,2,12,17-19H2,1H3,(H,33,37)(H,35,36)/t20?,23?,30-/m0/s1. The van der Waals surface area contributed by atoms with Crippen LogP contribution in [0.4, 0.5) is 4.79 Å². The van der Waals surface area contributed by atoms with Crippen LogP contribution in [0.3, 0.4) is 0 Å². The van der Waals surface area contributed by atoms with Crippen LogP contribution in [-0.4, -0.2) is 41.0 Å². The molecule has 0 radical (unpaired) electrons. The summed E-state index contributed by atoms with van der Waals surface area (Å²) in [6.45, 7) is 2.22. The van der Waals surface area contributed by atoms with Crippen LogP contribution in [0, 0.1) is 5.92 Å². The third-order valence-corrected chi connectivity index (χ3v) is 7.72. The zero-order valence-corrected chi connectivity index (χ0v) is 21.5. The number of hydrogen-bond donors (Lipinski definition) is 3. The summed E-state index contributed by atoms with van der Waals surface area (Å²) in [7, 11) is 0. The van der Waals surface area contributed by atoms with Crippen LogP contribution >= 0.6 is 0 Å². The van der Waals surface area contributed by atoms with Crippen LogP contribution in [0.2, 0.25) is 0 Å². The molecule has 1 amide bonds. The van der Waals surface area contributed by atoms with E-state index < -0.39 is 24.2 Å². The molecule has 3 N–H and O–H groups in total. The van der Waals surface area contributed by atoms with E-state index in [-0.39, 0.29) is 24.9 Å². The minimum Gasteiger partial charge on any atom is -0.480 e. The van der Waals surface area contributed by atoms with Gasteiger partial charge in [0, 0.05) is 5.92 Å². The number of carbonyl (C=O) groups is 2. The van der Waals surface area contributed by atoms with Crippen molar-refractivity contribution in [1.82, 2.24) is 5.32 Å². The molecular formula is C32H33NO5. The molecule has 38 heavy (non-hydrogen) atoms. The van der Waals surface area contributed by atoms with Crippen molar-refractivity contribution in [2.24, 2.45) is 5.92 Å². The van der Waals surface area contributed by atoms with Crippen molar-refractivity contribution in [3.05, 3.63) is 107 Å². The van der Waals surface area contributed by atoms with Crippen LogP contribution in [0.25, 0.3) is 11.1 Å². The highest BCUT2D eigenvalue weighted by atomic mass is 16.5. The number of nitrogens with one attached hydrogen (secondary N) is 1. The number of aliphatic hydroxyl groups is 1. The summed E-state index contributed by atoms with van der Waals surface area (Å²) in [6, 6.07) is 15.1. The number of hydrogen-bond acceptors (Lipinski definition) is 4. The normalized spacial score (nSPS) is 20.9. The molecule has 0 saturated carbocycles. The number of carboxylic acid groups (broad SMARTS) is 1. The summed E-state index contributed by atoms with van der Waals surface area (Å²) in [6.07, 6.45) is 11.2. The second kappa shape index (κ2) is 11.2. The maximum Gasteiger partial charge on any atom is 0.407 e. The fourth-order valence-electron chi connectivity index (χ4n) is 5.74. The van der Waals surface area contributed by atoms with E-state index in [1.54, 1.807) is 0 Å². The highest BCUT2D eigenvalue weighted by molar-refractivity contribution is 5.81. The lowest BCUT2D eigenvalue weighted by molar-refractivity contribution is -0.139. The zero-order chi connectivity index (χ0) is 26.6. The summed E-state index contributed by atoms with van der Waals surface area (Å²) in [5.74, 6) is -1.18. The van der Waals surface area contributed by atoms with Crippen LogP contribution in [0.5, 0.6) is 0 Å². The van der Waals surface area contributed by atoms with E-state index in [1.165, 1.54) is 5.57 Å². The van der Waals surface area contributed by atoms with Gasteiger partial charge in [0.05, 0.1) is 6.10 Å². The van der Waals surface area contributed by atoms with E-state index in [4.69, 9.17) is 4.74 Å². The van der Waals surface area contributed by atoms with Gasteiger partial charge in [-0.25, -0.2) is 9.59 Å². The summed E-state index contributed by atoms with van der Waals surface area (Å²) in [5, 5.41) is 22.3. The number of rotatable bonds is 8. The molecule has 0 aliphatic heterocycles. The third-order valence-electron chi connectivity index (χ3n) is 7.72. The Morgan fingerprint density at radius 2 is 1.71 bits per heavy atom. The number of amides is 1. The van der Waals surface area contributed by atoms with Crippen LogP contribution in [-0.2, 0) is 9.53 Å². The lowest BCUT2D eigenvalue weighted by Crippen LogP contribution is -2.42. The highest BCUT2D eigenvalue weighted by Gasteiger charge is 2.30. The van der Waals surface area contributed by atoms with E-state index in [1.807, 2.05) is 60.7 Å². The molecule has 5 rings (SSSR count). The highest BCUT2D eigenvalue weighted by Crippen LogP contribution is 2.44. The average molecular weight is 512 g/mol. The number of carbonyl (C=O) groups excluding carboxylic acids is 1. The predicted molar refractivity (Wildman–Crippen MR) is 147 cm³/mol. The Morgan fingerprint density at radius 3 is 2.32 bits per heavy atom. The number of ether oxygens (including phenoxy) is 1. The Balaban J connectivity index is 1.19. The molecule has 2 unspecified atom stereocenters. The van der Waals surface area contributed by atoms with Gasteiger partial charge in [0.2, 0.25) is 0 Å². The molecule has 2 aromatic rings. The molecule has 196 valence electrons. The Morgan fingerprint density at radius 1 is 1.03 bits per heavy atom. The molecular weight excluding hydrogens is 478 g/mol. The lowest BCUT2D eigenvalue weighted by atomic mass is 9.84. The van der Waals surface area contributed by atoms with Gasteiger partial charge in [0.25, 0.3) is 0 Å². The van der Waals surface area contributed by atoms with Crippen molar-refractivity contribution < 1.29 is 24.5 Å². The molecule has 0 fully saturated rings. The maximum atomic E-state index is 12.7. The first-order valence-electron chi connectivity index (χ1n) is 13.3. The molecule has 3 aliphatic rings. The van der Waals surface area contributed by atoms with Crippen LogP contribution < -0.4 is 5.32 Å². The van der Waals surface area contributed by atoms with Crippen molar-refractivity contribution in [3.63, 3.8) is 0 Å². The van der Waals surface area contributed by atoms with Gasteiger partial charge in [0.1, 0.15) is 12.6 Å². The number of benzene rings is 2. The first-order chi connectivity index (χ1) is 18.4. The topological polar surface area (TPSA) is 95.9 Å². The van der Waals surface area contributed by atoms with Crippen molar-refractivity contribution in [2.75, 3.05) is 6.61 Å². The first kappa shape index (κ1) is 25.7. The van der Waals surface area contributed by atoms with Gasteiger partial charge in [-0.1, -0.05) is 91.4 Å². The monoisotopic (exact) mass is 511 g/mol. The Bertz CT molecular complexity index is 1310.